The van der Waals surface area contributed by atoms with E-state index in [2.05, 4.69) is 18.6 Å². The maximum Gasteiger partial charge on any atom is 0.240 e. The maximum atomic E-state index is 12.4. The molecule has 4 nitrogen and oxygen atoms in total. The number of rotatable bonds is 4. The van der Waals surface area contributed by atoms with Gasteiger partial charge in [0.1, 0.15) is 0 Å². The van der Waals surface area contributed by atoms with Gasteiger partial charge in [0.05, 0.1) is 11.5 Å². The van der Waals surface area contributed by atoms with Gasteiger partial charge >= 0.3 is 0 Å². The first-order chi connectivity index (χ1) is 9.26. The van der Waals surface area contributed by atoms with E-state index >= 15 is 0 Å². The Labute approximate surface area is 125 Å². The molecular formula is C14H20ClNO3S. The van der Waals surface area contributed by atoms with Crippen LogP contribution >= 0.6 is 11.6 Å². The Morgan fingerprint density at radius 2 is 2.15 bits per heavy atom. The first kappa shape index (κ1) is 15.8. The number of hydrogen-bond donors (Lipinski definition) is 2. The van der Waals surface area contributed by atoms with E-state index in [1.807, 2.05) is 0 Å². The normalized spacial score (nSPS) is 22.1. The number of sulfonamides is 1. The molecule has 0 aliphatic heterocycles. The molecule has 1 aliphatic rings. The van der Waals surface area contributed by atoms with Crippen LogP contribution in [-0.2, 0) is 16.6 Å². The van der Waals surface area contributed by atoms with Crippen molar-refractivity contribution in [3.05, 3.63) is 28.8 Å². The van der Waals surface area contributed by atoms with E-state index in [0.29, 0.717) is 5.56 Å². The third kappa shape index (κ3) is 3.17. The number of nitrogens with one attached hydrogen (secondary N) is 1. The monoisotopic (exact) mass is 317 g/mol. The Bertz CT molecular complexity index is 598. The van der Waals surface area contributed by atoms with E-state index in [0.717, 1.165) is 19.3 Å². The lowest BCUT2D eigenvalue weighted by Gasteiger charge is -2.27. The van der Waals surface area contributed by atoms with Crippen molar-refractivity contribution >= 4 is 21.6 Å². The number of benzene rings is 1. The van der Waals surface area contributed by atoms with Crippen molar-refractivity contribution in [1.82, 2.24) is 4.72 Å². The van der Waals surface area contributed by atoms with Crippen molar-refractivity contribution < 1.29 is 13.5 Å². The van der Waals surface area contributed by atoms with Gasteiger partial charge < -0.3 is 5.11 Å². The molecular weight excluding hydrogens is 298 g/mol. The summed E-state index contributed by atoms with van der Waals surface area (Å²) in [5.41, 5.74) is 0.494. The summed E-state index contributed by atoms with van der Waals surface area (Å²) in [7, 11) is -3.58. The summed E-state index contributed by atoms with van der Waals surface area (Å²) >= 11 is 5.96. The van der Waals surface area contributed by atoms with E-state index in [-0.39, 0.29) is 28.0 Å². The zero-order valence-corrected chi connectivity index (χ0v) is 13.3. The minimum atomic E-state index is -3.58. The number of halogens is 1. The highest BCUT2D eigenvalue weighted by Crippen LogP contribution is 2.38. The van der Waals surface area contributed by atoms with Gasteiger partial charge in [-0.15, -0.1) is 0 Å². The topological polar surface area (TPSA) is 66.4 Å². The van der Waals surface area contributed by atoms with Crippen molar-refractivity contribution in [3.8, 4) is 0 Å². The molecule has 1 saturated carbocycles. The lowest BCUT2D eigenvalue weighted by atomic mass is 9.88. The van der Waals surface area contributed by atoms with E-state index < -0.39 is 10.0 Å². The van der Waals surface area contributed by atoms with Crippen LogP contribution in [0.25, 0.3) is 0 Å². The molecule has 1 atom stereocenters. The van der Waals surface area contributed by atoms with E-state index in [1.54, 1.807) is 0 Å². The maximum absolute atomic E-state index is 12.4. The van der Waals surface area contributed by atoms with Crippen LogP contribution in [0.1, 0.15) is 38.7 Å². The molecule has 0 bridgehead atoms. The van der Waals surface area contributed by atoms with Crippen LogP contribution in [0.5, 0.6) is 0 Å². The molecule has 0 saturated heterocycles. The zero-order valence-electron chi connectivity index (χ0n) is 11.7. The molecule has 2 rings (SSSR count). The van der Waals surface area contributed by atoms with E-state index in [4.69, 9.17) is 16.7 Å². The molecule has 20 heavy (non-hydrogen) atoms. The lowest BCUT2D eigenvalue weighted by Crippen LogP contribution is -2.41. The molecule has 112 valence electrons. The third-order valence-electron chi connectivity index (χ3n) is 4.06. The standard InChI is InChI=1S/C14H20ClNO3S/c1-14(2)7-3-4-13(14)16-20(18,19)11-6-5-10(9-17)12(15)8-11/h5-6,8,13,16-17H,3-4,7,9H2,1-2H3. The smallest absolute Gasteiger partial charge is 0.240 e. The van der Waals surface area contributed by atoms with Gasteiger partial charge in [0.2, 0.25) is 10.0 Å². The second-order valence-corrected chi connectivity index (χ2v) is 8.09. The number of aliphatic hydroxyl groups is 1. The quantitative estimate of drug-likeness (QED) is 0.897. The van der Waals surface area contributed by atoms with E-state index in [1.165, 1.54) is 18.2 Å². The molecule has 0 amide bonds. The van der Waals surface area contributed by atoms with Crippen molar-refractivity contribution in [1.29, 1.82) is 0 Å². The van der Waals surface area contributed by atoms with Crippen LogP contribution in [0.15, 0.2) is 23.1 Å². The fourth-order valence-corrected chi connectivity index (χ4v) is 4.40. The minimum Gasteiger partial charge on any atom is -0.392 e. The molecule has 1 aromatic carbocycles. The molecule has 1 fully saturated rings. The first-order valence-electron chi connectivity index (χ1n) is 6.68. The Morgan fingerprint density at radius 1 is 1.45 bits per heavy atom. The van der Waals surface area contributed by atoms with Crippen molar-refractivity contribution in [2.24, 2.45) is 5.41 Å². The highest BCUT2D eigenvalue weighted by atomic mass is 35.5. The summed E-state index contributed by atoms with van der Waals surface area (Å²) < 4.78 is 27.6. The Balaban J connectivity index is 2.25. The van der Waals surface area contributed by atoms with Crippen molar-refractivity contribution in [3.63, 3.8) is 0 Å². The van der Waals surface area contributed by atoms with Crippen LogP contribution < -0.4 is 4.72 Å². The summed E-state index contributed by atoms with van der Waals surface area (Å²) in [6, 6.07) is 4.35. The van der Waals surface area contributed by atoms with Crippen molar-refractivity contribution in [2.45, 2.75) is 50.7 Å². The van der Waals surface area contributed by atoms with Gasteiger partial charge in [-0.05, 0) is 36.0 Å². The second kappa shape index (κ2) is 5.64. The van der Waals surface area contributed by atoms with Crippen molar-refractivity contribution in [2.75, 3.05) is 0 Å². The summed E-state index contributed by atoms with van der Waals surface area (Å²) in [6.07, 6.45) is 2.91. The van der Waals surface area contributed by atoms with Crippen LogP contribution in [0.3, 0.4) is 0 Å². The second-order valence-electron chi connectivity index (χ2n) is 5.97. The molecule has 0 spiro atoms. The zero-order chi connectivity index (χ0) is 15.0. The minimum absolute atomic E-state index is 0.0259. The van der Waals surface area contributed by atoms with Gasteiger partial charge in [-0.3, -0.25) is 0 Å². The summed E-state index contributed by atoms with van der Waals surface area (Å²) in [6.45, 7) is 3.95. The van der Waals surface area contributed by atoms with Crippen LogP contribution in [0, 0.1) is 5.41 Å². The third-order valence-corrected chi connectivity index (χ3v) is 5.88. The lowest BCUT2D eigenvalue weighted by molar-refractivity contribution is 0.282. The predicted molar refractivity (Wildman–Crippen MR) is 79.1 cm³/mol. The Hall–Kier alpha value is -0.620. The van der Waals surface area contributed by atoms with Gasteiger partial charge in [0, 0.05) is 11.1 Å². The van der Waals surface area contributed by atoms with Gasteiger partial charge in [0.15, 0.2) is 0 Å². The Morgan fingerprint density at radius 3 is 2.65 bits per heavy atom. The molecule has 0 heterocycles. The summed E-state index contributed by atoms with van der Waals surface area (Å²) in [5, 5.41) is 9.33. The summed E-state index contributed by atoms with van der Waals surface area (Å²) in [5.74, 6) is 0. The molecule has 0 radical (unpaired) electrons. The first-order valence-corrected chi connectivity index (χ1v) is 8.54. The number of hydrogen-bond acceptors (Lipinski definition) is 3. The molecule has 2 N–H and O–H groups in total. The molecule has 1 aromatic rings. The SMILES string of the molecule is CC1(C)CCCC1NS(=O)(=O)c1ccc(CO)c(Cl)c1. The average molecular weight is 318 g/mol. The molecule has 0 aromatic heterocycles. The molecule has 6 heteroatoms. The van der Waals surface area contributed by atoms with Gasteiger partial charge in [-0.25, -0.2) is 13.1 Å². The highest BCUT2D eigenvalue weighted by molar-refractivity contribution is 7.89. The molecule has 1 unspecified atom stereocenters. The average Bonchev–Trinajstić information content (AvgIpc) is 2.68. The Kier molecular flexibility index (Phi) is 4.44. The van der Waals surface area contributed by atoms with Crippen LogP contribution in [-0.4, -0.2) is 19.6 Å². The van der Waals surface area contributed by atoms with Gasteiger partial charge in [0.25, 0.3) is 0 Å². The van der Waals surface area contributed by atoms with E-state index in [9.17, 15) is 8.42 Å². The van der Waals surface area contributed by atoms with Gasteiger partial charge in [-0.2, -0.15) is 0 Å². The number of aliphatic hydroxyl groups excluding tert-OH is 1. The largest absolute Gasteiger partial charge is 0.392 e. The van der Waals surface area contributed by atoms with Crippen LogP contribution in [0.4, 0.5) is 0 Å². The van der Waals surface area contributed by atoms with Crippen LogP contribution in [0.2, 0.25) is 5.02 Å². The predicted octanol–water partition coefficient (Wildman–Crippen LogP) is 2.69. The van der Waals surface area contributed by atoms with Gasteiger partial charge in [-0.1, -0.05) is 37.9 Å². The summed E-state index contributed by atoms with van der Waals surface area (Å²) in [4.78, 5) is 0.141. The fraction of sp³-hybridized carbons (Fsp3) is 0.571. The molecule has 1 aliphatic carbocycles. The fourth-order valence-electron chi connectivity index (χ4n) is 2.62. The highest BCUT2D eigenvalue weighted by Gasteiger charge is 2.37.